The van der Waals surface area contributed by atoms with Crippen LogP contribution in [0.2, 0.25) is 5.02 Å². The summed E-state index contributed by atoms with van der Waals surface area (Å²) in [5.74, 6) is 0.497. The molecule has 106 valence electrons. The van der Waals surface area contributed by atoms with E-state index < -0.39 is 11.0 Å². The maximum Gasteiger partial charge on any atom is 0.323 e. The molecule has 2 rings (SSSR count). The van der Waals surface area contributed by atoms with E-state index in [1.807, 2.05) is 0 Å². The topological polar surface area (TPSA) is 72.6 Å². The van der Waals surface area contributed by atoms with Crippen molar-refractivity contribution in [3.05, 3.63) is 49.8 Å². The zero-order valence-corrected chi connectivity index (χ0v) is 12.4. The number of aryl methyl sites for hydroxylation is 1. The Morgan fingerprint density at radius 2 is 2.15 bits per heavy atom. The number of aliphatic hydroxyl groups is 1. The van der Waals surface area contributed by atoms with Crippen molar-refractivity contribution in [1.29, 1.82) is 0 Å². The number of hydrogen-bond donors (Lipinski definition) is 1. The maximum absolute atomic E-state index is 11.0. The summed E-state index contributed by atoms with van der Waals surface area (Å²) >= 11 is 6.91. The van der Waals surface area contributed by atoms with Crippen molar-refractivity contribution >= 4 is 28.6 Å². The molecule has 0 radical (unpaired) electrons. The molecular formula is C13H12ClNO4S. The Kier molecular flexibility index (Phi) is 4.27. The van der Waals surface area contributed by atoms with Crippen molar-refractivity contribution in [3.63, 3.8) is 0 Å². The SMILES string of the molecule is Cc1cc(Cl)ccc1Oc1sc([C@H](C)O)cc1[N+](=O)[O-]. The minimum Gasteiger partial charge on any atom is -0.440 e. The van der Waals surface area contributed by atoms with Crippen LogP contribution in [0, 0.1) is 17.0 Å². The molecule has 1 aromatic heterocycles. The smallest absolute Gasteiger partial charge is 0.323 e. The van der Waals surface area contributed by atoms with Gasteiger partial charge in [-0.2, -0.15) is 0 Å². The quantitative estimate of drug-likeness (QED) is 0.668. The van der Waals surface area contributed by atoms with Gasteiger partial charge in [0, 0.05) is 16.0 Å². The fraction of sp³-hybridized carbons (Fsp3) is 0.231. The van der Waals surface area contributed by atoms with Crippen LogP contribution in [0.5, 0.6) is 10.8 Å². The molecule has 7 heteroatoms. The fourth-order valence-corrected chi connectivity index (χ4v) is 2.77. The number of nitrogens with zero attached hydrogens (tertiary/aromatic N) is 1. The number of rotatable bonds is 4. The number of thiophene rings is 1. The van der Waals surface area contributed by atoms with Gasteiger partial charge in [-0.15, -0.1) is 0 Å². The zero-order valence-electron chi connectivity index (χ0n) is 10.8. The summed E-state index contributed by atoms with van der Waals surface area (Å²) in [7, 11) is 0. The maximum atomic E-state index is 11.0. The van der Waals surface area contributed by atoms with Gasteiger partial charge in [-0.25, -0.2) is 0 Å². The van der Waals surface area contributed by atoms with Gasteiger partial charge >= 0.3 is 5.69 Å². The van der Waals surface area contributed by atoms with Gasteiger partial charge in [-0.05, 0) is 37.6 Å². The largest absolute Gasteiger partial charge is 0.440 e. The van der Waals surface area contributed by atoms with Crippen LogP contribution in [-0.4, -0.2) is 10.0 Å². The minimum absolute atomic E-state index is 0.149. The van der Waals surface area contributed by atoms with Crippen LogP contribution in [0.1, 0.15) is 23.5 Å². The minimum atomic E-state index is -0.776. The molecule has 1 aromatic carbocycles. The second kappa shape index (κ2) is 5.78. The molecule has 0 aliphatic carbocycles. The molecule has 0 unspecified atom stereocenters. The van der Waals surface area contributed by atoms with Crippen molar-refractivity contribution < 1.29 is 14.8 Å². The summed E-state index contributed by atoms with van der Waals surface area (Å²) in [5, 5.41) is 21.3. The van der Waals surface area contributed by atoms with Crippen LogP contribution in [-0.2, 0) is 0 Å². The van der Waals surface area contributed by atoms with Gasteiger partial charge in [0.25, 0.3) is 5.06 Å². The molecule has 1 heterocycles. The predicted molar refractivity (Wildman–Crippen MR) is 77.9 cm³/mol. The highest BCUT2D eigenvalue weighted by atomic mass is 35.5. The van der Waals surface area contributed by atoms with Crippen molar-refractivity contribution in [2.75, 3.05) is 0 Å². The first-order valence-corrected chi connectivity index (χ1v) is 6.98. The summed E-state index contributed by atoms with van der Waals surface area (Å²) < 4.78 is 5.59. The molecule has 1 N–H and O–H groups in total. The van der Waals surface area contributed by atoms with Gasteiger partial charge in [-0.3, -0.25) is 10.1 Å². The van der Waals surface area contributed by atoms with E-state index in [2.05, 4.69) is 0 Å². The average molecular weight is 314 g/mol. The average Bonchev–Trinajstić information content (AvgIpc) is 2.77. The molecule has 0 fully saturated rings. The number of halogens is 1. The molecule has 2 aromatic rings. The highest BCUT2D eigenvalue weighted by Gasteiger charge is 2.23. The van der Waals surface area contributed by atoms with E-state index in [0.717, 1.165) is 16.9 Å². The van der Waals surface area contributed by atoms with Gasteiger partial charge < -0.3 is 9.84 Å². The predicted octanol–water partition coefficient (Wildman–Crippen LogP) is 4.46. The molecule has 0 aliphatic heterocycles. The first-order valence-electron chi connectivity index (χ1n) is 5.78. The first kappa shape index (κ1) is 14.8. The van der Waals surface area contributed by atoms with Crippen LogP contribution in [0.3, 0.4) is 0 Å². The third kappa shape index (κ3) is 3.09. The molecule has 0 saturated carbocycles. The van der Waals surface area contributed by atoms with Crippen LogP contribution in [0.25, 0.3) is 0 Å². The first-order chi connectivity index (χ1) is 9.38. The number of nitro groups is 1. The van der Waals surface area contributed by atoms with Crippen LogP contribution >= 0.6 is 22.9 Å². The van der Waals surface area contributed by atoms with Crippen molar-refractivity contribution in [3.8, 4) is 10.8 Å². The van der Waals surface area contributed by atoms with E-state index in [1.165, 1.54) is 6.07 Å². The van der Waals surface area contributed by atoms with Gasteiger partial charge in [0.1, 0.15) is 5.75 Å². The Hall–Kier alpha value is -1.63. The van der Waals surface area contributed by atoms with E-state index in [-0.39, 0.29) is 10.8 Å². The number of aliphatic hydroxyl groups excluding tert-OH is 1. The summed E-state index contributed by atoms with van der Waals surface area (Å²) in [5.41, 5.74) is 0.624. The molecule has 20 heavy (non-hydrogen) atoms. The molecule has 0 bridgehead atoms. The molecular weight excluding hydrogens is 302 g/mol. The molecule has 5 nitrogen and oxygen atoms in total. The summed E-state index contributed by atoms with van der Waals surface area (Å²) in [4.78, 5) is 11.0. The fourth-order valence-electron chi connectivity index (χ4n) is 1.62. The van der Waals surface area contributed by atoms with Gasteiger partial charge in [0.05, 0.1) is 11.0 Å². The molecule has 0 spiro atoms. The van der Waals surface area contributed by atoms with E-state index in [4.69, 9.17) is 16.3 Å². The Morgan fingerprint density at radius 3 is 2.70 bits per heavy atom. The zero-order chi connectivity index (χ0) is 14.9. The van der Waals surface area contributed by atoms with Crippen molar-refractivity contribution in [2.24, 2.45) is 0 Å². The van der Waals surface area contributed by atoms with Crippen molar-refractivity contribution in [1.82, 2.24) is 0 Å². The third-order valence-electron chi connectivity index (χ3n) is 2.65. The lowest BCUT2D eigenvalue weighted by atomic mass is 10.2. The van der Waals surface area contributed by atoms with E-state index in [9.17, 15) is 15.2 Å². The lowest BCUT2D eigenvalue weighted by molar-refractivity contribution is -0.385. The summed E-state index contributed by atoms with van der Waals surface area (Å²) in [6, 6.07) is 6.35. The molecule has 0 amide bonds. The highest BCUT2D eigenvalue weighted by Crippen LogP contribution is 2.42. The van der Waals surface area contributed by atoms with E-state index in [1.54, 1.807) is 32.0 Å². The van der Waals surface area contributed by atoms with Crippen LogP contribution in [0.15, 0.2) is 24.3 Å². The standard InChI is InChI=1S/C13H12ClNO4S/c1-7-5-9(14)3-4-11(7)19-13-10(15(17)18)6-12(20-13)8(2)16/h3-6,8,16H,1-2H3/t8-/m0/s1. The summed E-state index contributed by atoms with van der Waals surface area (Å²) in [6.45, 7) is 3.35. The number of hydrogen-bond acceptors (Lipinski definition) is 5. The highest BCUT2D eigenvalue weighted by molar-refractivity contribution is 7.14. The third-order valence-corrected chi connectivity index (χ3v) is 4.05. The second-order valence-electron chi connectivity index (χ2n) is 4.27. The molecule has 0 saturated heterocycles. The van der Waals surface area contributed by atoms with Gasteiger partial charge in [0.15, 0.2) is 0 Å². The number of ether oxygens (including phenoxy) is 1. The molecule has 0 aliphatic rings. The lowest BCUT2D eigenvalue weighted by Gasteiger charge is -2.06. The van der Waals surface area contributed by atoms with Crippen LogP contribution in [0.4, 0.5) is 5.69 Å². The second-order valence-corrected chi connectivity index (χ2v) is 5.75. The Labute approximate surface area is 124 Å². The Bertz CT molecular complexity index is 654. The van der Waals surface area contributed by atoms with Gasteiger partial charge in [0.2, 0.25) is 0 Å². The lowest BCUT2D eigenvalue weighted by Crippen LogP contribution is -1.90. The monoisotopic (exact) mass is 313 g/mol. The number of benzene rings is 1. The van der Waals surface area contributed by atoms with Gasteiger partial charge in [-0.1, -0.05) is 22.9 Å². The Balaban J connectivity index is 2.39. The van der Waals surface area contributed by atoms with E-state index >= 15 is 0 Å². The normalized spacial score (nSPS) is 12.2. The van der Waals surface area contributed by atoms with E-state index in [0.29, 0.717) is 15.6 Å². The molecule has 1 atom stereocenters. The van der Waals surface area contributed by atoms with Crippen molar-refractivity contribution in [2.45, 2.75) is 20.0 Å². The van der Waals surface area contributed by atoms with Crippen LogP contribution < -0.4 is 4.74 Å². The Morgan fingerprint density at radius 1 is 1.45 bits per heavy atom. The summed E-state index contributed by atoms with van der Waals surface area (Å²) in [6.07, 6.45) is -0.776.